The molecule has 6 rings (SSSR count). The zero-order valence-corrected chi connectivity index (χ0v) is 22.6. The summed E-state index contributed by atoms with van der Waals surface area (Å²) in [5, 5.41) is 9.40. The fraction of sp³-hybridized carbons (Fsp3) is 0.500. The van der Waals surface area contributed by atoms with E-state index in [1.807, 2.05) is 18.2 Å². The first-order valence-corrected chi connectivity index (χ1v) is 13.8. The number of morpholine rings is 1. The third-order valence-electron chi connectivity index (χ3n) is 9.63. The highest BCUT2D eigenvalue weighted by atomic mass is 16.5. The number of anilines is 1. The van der Waals surface area contributed by atoms with E-state index in [-0.39, 0.29) is 16.7 Å². The number of nitrogens with zero attached hydrogens (tertiary/aromatic N) is 3. The molecule has 0 amide bonds. The van der Waals surface area contributed by atoms with E-state index in [0.717, 1.165) is 92.9 Å². The van der Waals surface area contributed by atoms with Gasteiger partial charge < -0.3 is 9.64 Å². The van der Waals surface area contributed by atoms with Gasteiger partial charge in [-0.2, -0.15) is 5.26 Å². The second kappa shape index (κ2) is 8.82. The Bertz CT molecular complexity index is 1350. The minimum atomic E-state index is -0.247. The number of benzene rings is 2. The van der Waals surface area contributed by atoms with Crippen molar-refractivity contribution in [3.8, 4) is 6.07 Å². The molecule has 2 heterocycles. The van der Waals surface area contributed by atoms with Crippen molar-refractivity contribution in [2.45, 2.75) is 64.3 Å². The highest BCUT2D eigenvalue weighted by molar-refractivity contribution is 6.33. The van der Waals surface area contributed by atoms with Gasteiger partial charge in [-0.1, -0.05) is 26.8 Å². The second-order valence-corrected chi connectivity index (χ2v) is 11.9. The third-order valence-corrected chi connectivity index (χ3v) is 9.63. The van der Waals surface area contributed by atoms with Crippen molar-refractivity contribution < 1.29 is 9.53 Å². The molecule has 5 nitrogen and oxygen atoms in total. The normalized spacial score (nSPS) is 22.4. The van der Waals surface area contributed by atoms with Crippen molar-refractivity contribution in [1.82, 2.24) is 4.90 Å². The van der Waals surface area contributed by atoms with E-state index in [1.54, 1.807) is 0 Å². The van der Waals surface area contributed by atoms with Crippen LogP contribution in [0.5, 0.6) is 0 Å². The first-order valence-electron chi connectivity index (χ1n) is 13.8. The van der Waals surface area contributed by atoms with Gasteiger partial charge in [-0.25, -0.2) is 0 Å². The maximum atomic E-state index is 14.0. The largest absolute Gasteiger partial charge is 0.379 e. The summed E-state index contributed by atoms with van der Waals surface area (Å²) >= 11 is 0. The molecular weight excluding hydrogens is 458 g/mol. The number of allylic oxidation sites excluding steroid dienone is 2. The smallest absolute Gasteiger partial charge is 0.193 e. The van der Waals surface area contributed by atoms with E-state index < -0.39 is 0 Å². The number of carbonyl (C=O) groups is 1. The molecule has 0 bridgehead atoms. The Morgan fingerprint density at radius 3 is 2.41 bits per heavy atom. The van der Waals surface area contributed by atoms with Crippen molar-refractivity contribution in [2.24, 2.45) is 0 Å². The Morgan fingerprint density at radius 1 is 1.00 bits per heavy atom. The molecule has 0 aromatic heterocycles. The van der Waals surface area contributed by atoms with E-state index in [1.165, 1.54) is 16.8 Å². The van der Waals surface area contributed by atoms with Crippen LogP contribution < -0.4 is 4.90 Å². The fourth-order valence-electron chi connectivity index (χ4n) is 7.15. The summed E-state index contributed by atoms with van der Waals surface area (Å²) in [7, 11) is 0. The molecule has 4 aliphatic rings. The predicted octanol–water partition coefficient (Wildman–Crippen LogP) is 5.30. The molecular formula is C32H37N3O2. The number of hydrogen-bond acceptors (Lipinski definition) is 5. The van der Waals surface area contributed by atoms with Gasteiger partial charge in [0.25, 0.3) is 0 Å². The van der Waals surface area contributed by atoms with Crippen molar-refractivity contribution in [3.63, 3.8) is 0 Å². The summed E-state index contributed by atoms with van der Waals surface area (Å²) in [5.41, 5.74) is 9.40. The standard InChI is InChI=1S/C32H37N3O2/c1-5-22-17-25-26(19-28(22)34-10-8-32(4,9-11-34)35-12-14-37-15-13-35)31(2,3)27-18-23-16-21(20-33)6-7-24(23)29(27)30(25)36/h6-7,16-17,19H,5,8-15,18H2,1-4H3. The highest BCUT2D eigenvalue weighted by Gasteiger charge is 2.44. The molecule has 5 heteroatoms. The lowest BCUT2D eigenvalue weighted by atomic mass is 9.68. The predicted molar refractivity (Wildman–Crippen MR) is 147 cm³/mol. The van der Waals surface area contributed by atoms with Crippen LogP contribution in [0.4, 0.5) is 5.69 Å². The first-order chi connectivity index (χ1) is 17.8. The van der Waals surface area contributed by atoms with Gasteiger partial charge in [-0.3, -0.25) is 9.69 Å². The number of aryl methyl sites for hydroxylation is 1. The van der Waals surface area contributed by atoms with Crippen LogP contribution in [0.15, 0.2) is 35.9 Å². The van der Waals surface area contributed by atoms with Crippen LogP contribution in [-0.2, 0) is 23.0 Å². The van der Waals surface area contributed by atoms with Crippen LogP contribution >= 0.6 is 0 Å². The number of ether oxygens (including phenoxy) is 1. The molecule has 2 aromatic carbocycles. The molecule has 0 saturated carbocycles. The quantitative estimate of drug-likeness (QED) is 0.579. The van der Waals surface area contributed by atoms with Crippen LogP contribution in [-0.4, -0.2) is 55.6 Å². The van der Waals surface area contributed by atoms with Gasteiger partial charge >= 0.3 is 0 Å². The topological polar surface area (TPSA) is 56.6 Å². The number of carbonyl (C=O) groups excluding carboxylic acids is 1. The molecule has 2 fully saturated rings. The SMILES string of the molecule is CCc1cc2c(cc1N1CCC(C)(N3CCOCC3)CC1)C(C)(C)C1=C(C2=O)c2ccc(C#N)cc2C1. The molecule has 192 valence electrons. The van der Waals surface area contributed by atoms with Crippen molar-refractivity contribution >= 4 is 17.0 Å². The number of Topliss-reactive ketones (excluding diaryl/α,β-unsaturated/α-hetero) is 1. The van der Waals surface area contributed by atoms with Crippen LogP contribution in [0, 0.1) is 11.3 Å². The summed E-state index contributed by atoms with van der Waals surface area (Å²) in [6.45, 7) is 15.0. The van der Waals surface area contributed by atoms with Gasteiger partial charge in [0.1, 0.15) is 0 Å². The van der Waals surface area contributed by atoms with Gasteiger partial charge in [0.05, 0.1) is 24.8 Å². The average Bonchev–Trinajstić information content (AvgIpc) is 3.32. The molecule has 0 atom stereocenters. The molecule has 2 saturated heterocycles. The summed E-state index contributed by atoms with van der Waals surface area (Å²) < 4.78 is 5.60. The van der Waals surface area contributed by atoms with Crippen LogP contribution in [0.3, 0.4) is 0 Å². The third kappa shape index (κ3) is 3.76. The summed E-state index contributed by atoms with van der Waals surface area (Å²) in [6, 6.07) is 12.6. The van der Waals surface area contributed by atoms with E-state index in [9.17, 15) is 10.1 Å². The van der Waals surface area contributed by atoms with Crippen molar-refractivity contribution in [3.05, 3.63) is 69.3 Å². The number of piperidine rings is 1. The number of fused-ring (bicyclic) bond motifs is 3. The Hall–Kier alpha value is -2.94. The van der Waals surface area contributed by atoms with E-state index in [2.05, 4.69) is 55.7 Å². The van der Waals surface area contributed by atoms with Crippen molar-refractivity contribution in [2.75, 3.05) is 44.3 Å². The zero-order chi connectivity index (χ0) is 25.9. The fourth-order valence-corrected chi connectivity index (χ4v) is 7.15. The van der Waals surface area contributed by atoms with Gasteiger partial charge in [-0.15, -0.1) is 0 Å². The molecule has 0 N–H and O–H groups in total. The molecule has 0 spiro atoms. The Balaban J connectivity index is 1.34. The molecule has 2 aliphatic carbocycles. The van der Waals surface area contributed by atoms with E-state index in [0.29, 0.717) is 5.56 Å². The molecule has 2 aliphatic heterocycles. The van der Waals surface area contributed by atoms with Crippen LogP contribution in [0.1, 0.15) is 78.7 Å². The average molecular weight is 496 g/mol. The Kier molecular flexibility index (Phi) is 5.82. The highest BCUT2D eigenvalue weighted by Crippen LogP contribution is 2.51. The number of hydrogen-bond donors (Lipinski definition) is 0. The number of rotatable bonds is 3. The lowest BCUT2D eigenvalue weighted by Gasteiger charge is -2.49. The monoisotopic (exact) mass is 495 g/mol. The van der Waals surface area contributed by atoms with Gasteiger partial charge in [0, 0.05) is 54.0 Å². The Labute approximate surface area is 220 Å². The molecule has 0 unspecified atom stereocenters. The van der Waals surface area contributed by atoms with Gasteiger partial charge in [0.15, 0.2) is 5.78 Å². The number of ketones is 1. The second-order valence-electron chi connectivity index (χ2n) is 11.9. The molecule has 2 aromatic rings. The Morgan fingerprint density at radius 2 is 1.73 bits per heavy atom. The summed E-state index contributed by atoms with van der Waals surface area (Å²) in [4.78, 5) is 19.2. The minimum Gasteiger partial charge on any atom is -0.379 e. The summed E-state index contributed by atoms with van der Waals surface area (Å²) in [5.74, 6) is 0.146. The lowest BCUT2D eigenvalue weighted by molar-refractivity contribution is -0.0248. The maximum Gasteiger partial charge on any atom is 0.193 e. The van der Waals surface area contributed by atoms with Crippen LogP contribution in [0.25, 0.3) is 5.57 Å². The van der Waals surface area contributed by atoms with Crippen molar-refractivity contribution in [1.29, 1.82) is 5.26 Å². The lowest BCUT2D eigenvalue weighted by Crippen LogP contribution is -2.56. The van der Waals surface area contributed by atoms with E-state index in [4.69, 9.17) is 4.74 Å². The minimum absolute atomic E-state index is 0.146. The van der Waals surface area contributed by atoms with Crippen LogP contribution in [0.2, 0.25) is 0 Å². The summed E-state index contributed by atoms with van der Waals surface area (Å²) in [6.07, 6.45) is 3.93. The van der Waals surface area contributed by atoms with Gasteiger partial charge in [0.2, 0.25) is 0 Å². The molecule has 0 radical (unpaired) electrons. The number of nitriles is 1. The van der Waals surface area contributed by atoms with E-state index >= 15 is 0 Å². The van der Waals surface area contributed by atoms with Gasteiger partial charge in [-0.05, 0) is 84.7 Å². The molecule has 37 heavy (non-hydrogen) atoms. The maximum absolute atomic E-state index is 14.0. The zero-order valence-electron chi connectivity index (χ0n) is 22.6. The first kappa shape index (κ1) is 24.4.